The Kier molecular flexibility index (Phi) is 3.41. The standard InChI is InChI=1S/C9H11BrFNO/c1-5(13)9(12)6-2-3-8(11)7(10)4-6/h2-5,9,13H,12H2,1H3. The van der Waals surface area contributed by atoms with E-state index in [-0.39, 0.29) is 5.82 Å². The van der Waals surface area contributed by atoms with Crippen molar-refractivity contribution >= 4 is 15.9 Å². The fourth-order valence-corrected chi connectivity index (χ4v) is 1.39. The van der Waals surface area contributed by atoms with Gasteiger partial charge in [-0.05, 0) is 40.5 Å². The first-order valence-electron chi connectivity index (χ1n) is 3.91. The second kappa shape index (κ2) is 4.17. The number of aliphatic hydroxyl groups is 1. The lowest BCUT2D eigenvalue weighted by molar-refractivity contribution is 0.164. The van der Waals surface area contributed by atoms with Crippen LogP contribution in [0.1, 0.15) is 18.5 Å². The minimum Gasteiger partial charge on any atom is -0.391 e. The van der Waals surface area contributed by atoms with Crippen LogP contribution < -0.4 is 5.73 Å². The highest BCUT2D eigenvalue weighted by molar-refractivity contribution is 9.10. The minimum atomic E-state index is -0.641. The molecule has 0 fully saturated rings. The third-order valence-corrected chi connectivity index (χ3v) is 2.46. The molecule has 0 spiro atoms. The molecule has 3 N–H and O–H groups in total. The van der Waals surface area contributed by atoms with Crippen LogP contribution >= 0.6 is 15.9 Å². The summed E-state index contributed by atoms with van der Waals surface area (Å²) in [5, 5.41) is 9.20. The first kappa shape index (κ1) is 10.6. The molecule has 2 atom stereocenters. The number of hydrogen-bond donors (Lipinski definition) is 2. The van der Waals surface area contributed by atoms with Crippen molar-refractivity contribution in [2.75, 3.05) is 0 Å². The molecule has 0 amide bonds. The van der Waals surface area contributed by atoms with Gasteiger partial charge in [0.2, 0.25) is 0 Å². The molecule has 4 heteroatoms. The van der Waals surface area contributed by atoms with Crippen LogP contribution in [0.25, 0.3) is 0 Å². The molecule has 0 aliphatic heterocycles. The van der Waals surface area contributed by atoms with Gasteiger partial charge in [-0.1, -0.05) is 6.07 Å². The zero-order valence-electron chi connectivity index (χ0n) is 7.17. The quantitative estimate of drug-likeness (QED) is 0.840. The molecule has 0 bridgehead atoms. The van der Waals surface area contributed by atoms with E-state index in [4.69, 9.17) is 5.73 Å². The lowest BCUT2D eigenvalue weighted by atomic mass is 10.0. The number of rotatable bonds is 2. The van der Waals surface area contributed by atoms with Crippen molar-refractivity contribution in [2.45, 2.75) is 19.1 Å². The third kappa shape index (κ3) is 2.49. The van der Waals surface area contributed by atoms with Crippen LogP contribution in [0.4, 0.5) is 4.39 Å². The lowest BCUT2D eigenvalue weighted by Crippen LogP contribution is -2.23. The maximum absolute atomic E-state index is 12.8. The second-order valence-corrected chi connectivity index (χ2v) is 3.79. The zero-order chi connectivity index (χ0) is 10.0. The van der Waals surface area contributed by atoms with E-state index >= 15 is 0 Å². The number of halogens is 2. The van der Waals surface area contributed by atoms with Gasteiger partial charge in [-0.15, -0.1) is 0 Å². The largest absolute Gasteiger partial charge is 0.391 e. The Morgan fingerprint density at radius 1 is 1.54 bits per heavy atom. The van der Waals surface area contributed by atoms with Crippen LogP contribution in [0, 0.1) is 5.82 Å². The summed E-state index contributed by atoms with van der Waals surface area (Å²) >= 11 is 3.05. The topological polar surface area (TPSA) is 46.2 Å². The summed E-state index contributed by atoms with van der Waals surface area (Å²) in [7, 11) is 0. The lowest BCUT2D eigenvalue weighted by Gasteiger charge is -2.15. The highest BCUT2D eigenvalue weighted by Crippen LogP contribution is 2.21. The van der Waals surface area contributed by atoms with Crippen molar-refractivity contribution in [1.82, 2.24) is 0 Å². The smallest absolute Gasteiger partial charge is 0.137 e. The van der Waals surface area contributed by atoms with Gasteiger partial charge in [0.05, 0.1) is 16.6 Å². The fraction of sp³-hybridized carbons (Fsp3) is 0.333. The van der Waals surface area contributed by atoms with Crippen molar-refractivity contribution in [3.63, 3.8) is 0 Å². The van der Waals surface area contributed by atoms with Crippen molar-refractivity contribution in [2.24, 2.45) is 5.73 Å². The summed E-state index contributed by atoms with van der Waals surface area (Å²) in [6.07, 6.45) is -0.641. The molecular formula is C9H11BrFNO. The molecule has 0 aliphatic rings. The van der Waals surface area contributed by atoms with E-state index in [0.717, 1.165) is 0 Å². The molecule has 1 rings (SSSR count). The molecule has 1 aromatic rings. The van der Waals surface area contributed by atoms with Crippen LogP contribution in [-0.4, -0.2) is 11.2 Å². The molecule has 0 radical (unpaired) electrons. The van der Waals surface area contributed by atoms with Gasteiger partial charge in [-0.25, -0.2) is 4.39 Å². The number of hydrogen-bond acceptors (Lipinski definition) is 2. The van der Waals surface area contributed by atoms with Gasteiger partial charge in [0, 0.05) is 0 Å². The van der Waals surface area contributed by atoms with Crippen LogP contribution in [0.15, 0.2) is 22.7 Å². The highest BCUT2D eigenvalue weighted by Gasteiger charge is 2.12. The average molecular weight is 248 g/mol. The van der Waals surface area contributed by atoms with E-state index in [2.05, 4.69) is 15.9 Å². The van der Waals surface area contributed by atoms with Crippen molar-refractivity contribution in [3.05, 3.63) is 34.1 Å². The predicted molar refractivity (Wildman–Crippen MR) is 52.7 cm³/mol. The number of benzene rings is 1. The Morgan fingerprint density at radius 3 is 2.62 bits per heavy atom. The van der Waals surface area contributed by atoms with Gasteiger partial charge in [0.15, 0.2) is 0 Å². The first-order valence-corrected chi connectivity index (χ1v) is 4.70. The third-order valence-electron chi connectivity index (χ3n) is 1.85. The van der Waals surface area contributed by atoms with Crippen LogP contribution in [0.2, 0.25) is 0 Å². The van der Waals surface area contributed by atoms with Gasteiger partial charge in [0.25, 0.3) is 0 Å². The number of nitrogens with two attached hydrogens (primary N) is 1. The summed E-state index contributed by atoms with van der Waals surface area (Å²) in [4.78, 5) is 0. The summed E-state index contributed by atoms with van der Waals surface area (Å²) in [5.41, 5.74) is 6.37. The summed E-state index contributed by atoms with van der Waals surface area (Å²) in [6, 6.07) is 3.99. The second-order valence-electron chi connectivity index (χ2n) is 2.94. The van der Waals surface area contributed by atoms with Crippen molar-refractivity contribution in [3.8, 4) is 0 Å². The van der Waals surface area contributed by atoms with Gasteiger partial charge in [0.1, 0.15) is 5.82 Å². The summed E-state index contributed by atoms with van der Waals surface area (Å²) < 4.78 is 13.2. The highest BCUT2D eigenvalue weighted by atomic mass is 79.9. The molecule has 0 heterocycles. The Labute approximate surface area is 84.7 Å². The monoisotopic (exact) mass is 247 g/mol. The Hall–Kier alpha value is -0.450. The summed E-state index contributed by atoms with van der Waals surface area (Å²) in [5.74, 6) is -0.332. The Bertz CT molecular complexity index is 304. The van der Waals surface area contributed by atoms with Gasteiger partial charge < -0.3 is 10.8 Å². The van der Waals surface area contributed by atoms with E-state index < -0.39 is 12.1 Å². The maximum atomic E-state index is 12.8. The van der Waals surface area contributed by atoms with Gasteiger partial charge >= 0.3 is 0 Å². The average Bonchev–Trinajstić information content (AvgIpc) is 2.08. The van der Waals surface area contributed by atoms with E-state index in [1.807, 2.05) is 0 Å². The van der Waals surface area contributed by atoms with Crippen LogP contribution in [-0.2, 0) is 0 Å². The van der Waals surface area contributed by atoms with Crippen molar-refractivity contribution < 1.29 is 9.50 Å². The van der Waals surface area contributed by atoms with Crippen LogP contribution in [0.3, 0.4) is 0 Å². The van der Waals surface area contributed by atoms with Gasteiger partial charge in [-0.3, -0.25) is 0 Å². The predicted octanol–water partition coefficient (Wildman–Crippen LogP) is 1.97. The molecule has 2 unspecified atom stereocenters. The maximum Gasteiger partial charge on any atom is 0.137 e. The molecule has 0 aliphatic carbocycles. The van der Waals surface area contributed by atoms with E-state index in [0.29, 0.717) is 10.0 Å². The molecule has 13 heavy (non-hydrogen) atoms. The summed E-state index contributed by atoms with van der Waals surface area (Å²) in [6.45, 7) is 1.60. The Morgan fingerprint density at radius 2 is 2.15 bits per heavy atom. The molecule has 1 aromatic carbocycles. The SMILES string of the molecule is CC(O)C(N)c1ccc(F)c(Br)c1. The number of aliphatic hydroxyl groups excluding tert-OH is 1. The normalized spacial score (nSPS) is 15.5. The Balaban J connectivity index is 2.97. The first-order chi connectivity index (χ1) is 6.02. The molecule has 0 aromatic heterocycles. The molecule has 0 saturated carbocycles. The fourth-order valence-electron chi connectivity index (χ4n) is 0.998. The molecular weight excluding hydrogens is 237 g/mol. The molecule has 2 nitrogen and oxygen atoms in total. The van der Waals surface area contributed by atoms with Gasteiger partial charge in [-0.2, -0.15) is 0 Å². The van der Waals surface area contributed by atoms with E-state index in [9.17, 15) is 9.50 Å². The molecule has 72 valence electrons. The molecule has 0 saturated heterocycles. The zero-order valence-corrected chi connectivity index (χ0v) is 8.75. The van der Waals surface area contributed by atoms with Crippen molar-refractivity contribution in [1.29, 1.82) is 0 Å². The van der Waals surface area contributed by atoms with Crippen LogP contribution in [0.5, 0.6) is 0 Å². The minimum absolute atomic E-state index is 0.332. The van der Waals surface area contributed by atoms with E-state index in [1.165, 1.54) is 6.07 Å². The van der Waals surface area contributed by atoms with E-state index in [1.54, 1.807) is 19.1 Å².